The lowest BCUT2D eigenvalue weighted by Crippen LogP contribution is -2.36. The Bertz CT molecular complexity index is 600. The molecule has 1 N–H and O–H groups in total. The van der Waals surface area contributed by atoms with Gasteiger partial charge in [0, 0.05) is 16.1 Å². The van der Waals surface area contributed by atoms with Gasteiger partial charge in [-0.3, -0.25) is 4.79 Å². The first-order chi connectivity index (χ1) is 10.8. The lowest BCUT2D eigenvalue weighted by molar-refractivity contribution is -0.108. The molecule has 4 heteroatoms. The van der Waals surface area contributed by atoms with E-state index in [-0.39, 0.29) is 0 Å². The van der Waals surface area contributed by atoms with Gasteiger partial charge in [0.2, 0.25) is 6.41 Å². The maximum Gasteiger partial charge on any atom is 0.211 e. The molecular formula is C18H21NOS2. The second-order valence-electron chi connectivity index (χ2n) is 6.54. The van der Waals surface area contributed by atoms with Crippen LogP contribution in [0.1, 0.15) is 30.7 Å². The number of carbonyl (C=O) groups excluding carboxylic acids is 1. The average molecular weight is 332 g/mol. The van der Waals surface area contributed by atoms with E-state index in [4.69, 9.17) is 0 Å². The molecule has 2 aliphatic carbocycles. The molecule has 1 aromatic rings. The van der Waals surface area contributed by atoms with Crippen molar-refractivity contribution in [3.8, 4) is 0 Å². The molecule has 116 valence electrons. The van der Waals surface area contributed by atoms with Gasteiger partial charge in [0.05, 0.1) is 5.03 Å². The van der Waals surface area contributed by atoms with Gasteiger partial charge in [-0.25, -0.2) is 0 Å². The van der Waals surface area contributed by atoms with Crippen molar-refractivity contribution in [2.75, 3.05) is 6.26 Å². The van der Waals surface area contributed by atoms with Crippen LogP contribution in [0.4, 0.5) is 0 Å². The summed E-state index contributed by atoms with van der Waals surface area (Å²) in [5, 5.41) is 4.78. The number of thioether (sulfide) groups is 2. The number of allylic oxidation sites excluding steroid dienone is 1. The molecule has 2 nitrogen and oxygen atoms in total. The number of hydrogen-bond donors (Lipinski definition) is 1. The highest BCUT2D eigenvalue weighted by Gasteiger charge is 2.54. The normalized spacial score (nSPS) is 36.3. The zero-order valence-electron chi connectivity index (χ0n) is 12.7. The number of rotatable bonds is 4. The van der Waals surface area contributed by atoms with E-state index in [0.29, 0.717) is 11.2 Å². The third kappa shape index (κ3) is 2.23. The maximum atomic E-state index is 11.1. The fourth-order valence-electron chi connectivity index (χ4n) is 4.84. The van der Waals surface area contributed by atoms with E-state index >= 15 is 0 Å². The molecule has 0 aromatic heterocycles. The highest BCUT2D eigenvalue weighted by molar-refractivity contribution is 8.07. The highest BCUT2D eigenvalue weighted by Crippen LogP contribution is 2.63. The van der Waals surface area contributed by atoms with Gasteiger partial charge in [-0.1, -0.05) is 30.3 Å². The number of amides is 1. The first kappa shape index (κ1) is 14.7. The highest BCUT2D eigenvalue weighted by atomic mass is 32.2. The van der Waals surface area contributed by atoms with Gasteiger partial charge in [0.15, 0.2) is 0 Å². The van der Waals surface area contributed by atoms with Crippen LogP contribution in [-0.4, -0.2) is 17.9 Å². The Kier molecular flexibility index (Phi) is 3.99. The molecule has 0 saturated heterocycles. The van der Waals surface area contributed by atoms with Crippen molar-refractivity contribution >= 4 is 29.9 Å². The molecule has 5 atom stereocenters. The van der Waals surface area contributed by atoms with Crippen molar-refractivity contribution in [1.29, 1.82) is 0 Å². The summed E-state index contributed by atoms with van der Waals surface area (Å²) < 4.78 is 0. The van der Waals surface area contributed by atoms with Crippen LogP contribution in [0.15, 0.2) is 40.3 Å². The van der Waals surface area contributed by atoms with Crippen LogP contribution >= 0.6 is 23.5 Å². The van der Waals surface area contributed by atoms with Crippen LogP contribution in [0.2, 0.25) is 0 Å². The molecule has 3 aliphatic rings. The van der Waals surface area contributed by atoms with E-state index in [1.54, 1.807) is 0 Å². The Balaban J connectivity index is 1.81. The van der Waals surface area contributed by atoms with Crippen LogP contribution in [0.3, 0.4) is 0 Å². The number of fused-ring (bicyclic) bond motifs is 5. The van der Waals surface area contributed by atoms with Gasteiger partial charge in [0.25, 0.3) is 0 Å². The third-order valence-electron chi connectivity index (χ3n) is 5.62. The maximum absolute atomic E-state index is 11.1. The van der Waals surface area contributed by atoms with E-state index in [1.165, 1.54) is 29.7 Å². The fraction of sp³-hybridized carbons (Fsp3) is 0.500. The second-order valence-corrected chi connectivity index (χ2v) is 8.58. The Morgan fingerprint density at radius 3 is 2.73 bits per heavy atom. The topological polar surface area (TPSA) is 29.1 Å². The van der Waals surface area contributed by atoms with Gasteiger partial charge in [0.1, 0.15) is 0 Å². The standard InChI is InChI=1S/C18H21NOS2/c1-21-17-14(11-5-3-2-4-6-11)15-12-7-8-13(9-12)16(15)22-18(17)19-10-20/h2-6,10,12-16H,7-9H2,1H3,(H,19,20)/t12-,13+,14-,15-,16-/m0/s1. The molecule has 1 aromatic carbocycles. The predicted octanol–water partition coefficient (Wildman–Crippen LogP) is 4.21. The van der Waals surface area contributed by atoms with Gasteiger partial charge in [-0.15, -0.1) is 23.5 Å². The zero-order valence-corrected chi connectivity index (χ0v) is 14.3. The van der Waals surface area contributed by atoms with Gasteiger partial charge in [-0.2, -0.15) is 0 Å². The van der Waals surface area contributed by atoms with Crippen molar-refractivity contribution in [1.82, 2.24) is 5.32 Å². The monoisotopic (exact) mass is 331 g/mol. The van der Waals surface area contributed by atoms with E-state index in [2.05, 4.69) is 41.9 Å². The number of carbonyl (C=O) groups is 1. The molecule has 1 amide bonds. The average Bonchev–Trinajstić information content (AvgIpc) is 3.16. The minimum atomic E-state index is 0.459. The van der Waals surface area contributed by atoms with Crippen molar-refractivity contribution < 1.29 is 4.79 Å². The van der Waals surface area contributed by atoms with Gasteiger partial charge < -0.3 is 5.32 Å². The van der Waals surface area contributed by atoms with Crippen LogP contribution < -0.4 is 5.32 Å². The minimum Gasteiger partial charge on any atom is -0.323 e. The lowest BCUT2D eigenvalue weighted by Gasteiger charge is -2.42. The van der Waals surface area contributed by atoms with Crippen LogP contribution in [0, 0.1) is 17.8 Å². The molecule has 0 radical (unpaired) electrons. The summed E-state index contributed by atoms with van der Waals surface area (Å²) in [7, 11) is 0. The molecular weight excluding hydrogens is 310 g/mol. The summed E-state index contributed by atoms with van der Waals surface area (Å²) in [5.41, 5.74) is 1.42. The quantitative estimate of drug-likeness (QED) is 0.838. The van der Waals surface area contributed by atoms with E-state index in [0.717, 1.165) is 29.2 Å². The van der Waals surface area contributed by atoms with Gasteiger partial charge >= 0.3 is 0 Å². The van der Waals surface area contributed by atoms with Crippen LogP contribution in [0.25, 0.3) is 0 Å². The summed E-state index contributed by atoms with van der Waals surface area (Å²) in [6, 6.07) is 10.9. The van der Waals surface area contributed by atoms with Crippen LogP contribution in [0.5, 0.6) is 0 Å². The summed E-state index contributed by atoms with van der Waals surface area (Å²) in [4.78, 5) is 12.4. The summed E-state index contributed by atoms with van der Waals surface area (Å²) in [6.07, 6.45) is 7.15. The molecule has 1 aliphatic heterocycles. The minimum absolute atomic E-state index is 0.459. The fourth-order valence-corrected chi connectivity index (χ4v) is 7.64. The summed E-state index contributed by atoms with van der Waals surface area (Å²) in [5.74, 6) is 2.91. The number of hydrogen-bond acceptors (Lipinski definition) is 3. The molecule has 2 fully saturated rings. The third-order valence-corrected chi connectivity index (χ3v) is 8.19. The molecule has 22 heavy (non-hydrogen) atoms. The SMILES string of the molecule is CSC1=C(NC=O)S[C@H]2[C@@H]3CC[C@@H](C3)[C@H]2[C@@H]1c1ccccc1. The Morgan fingerprint density at radius 1 is 1.23 bits per heavy atom. The Hall–Kier alpha value is -0.870. The molecule has 1 heterocycles. The van der Waals surface area contributed by atoms with Crippen molar-refractivity contribution in [3.63, 3.8) is 0 Å². The number of nitrogens with one attached hydrogen (secondary N) is 1. The zero-order chi connectivity index (χ0) is 15.1. The molecule has 2 bridgehead atoms. The largest absolute Gasteiger partial charge is 0.323 e. The smallest absolute Gasteiger partial charge is 0.211 e. The summed E-state index contributed by atoms with van der Waals surface area (Å²) in [6.45, 7) is 0. The Labute approximate surface area is 140 Å². The Morgan fingerprint density at radius 2 is 2.00 bits per heavy atom. The van der Waals surface area contributed by atoms with Crippen molar-refractivity contribution in [3.05, 3.63) is 45.8 Å². The van der Waals surface area contributed by atoms with E-state index < -0.39 is 0 Å². The van der Waals surface area contributed by atoms with E-state index in [1.807, 2.05) is 23.5 Å². The molecule has 0 unspecified atom stereocenters. The first-order valence-corrected chi connectivity index (χ1v) is 10.1. The van der Waals surface area contributed by atoms with Crippen LogP contribution in [-0.2, 0) is 4.79 Å². The first-order valence-electron chi connectivity index (χ1n) is 8.03. The number of benzene rings is 1. The van der Waals surface area contributed by atoms with Gasteiger partial charge in [-0.05, 0) is 48.8 Å². The predicted molar refractivity (Wildman–Crippen MR) is 94.6 cm³/mol. The summed E-state index contributed by atoms with van der Waals surface area (Å²) >= 11 is 3.75. The van der Waals surface area contributed by atoms with E-state index in [9.17, 15) is 4.79 Å². The lowest BCUT2D eigenvalue weighted by atomic mass is 9.75. The molecule has 0 spiro atoms. The molecule has 4 rings (SSSR count). The second kappa shape index (κ2) is 5.97. The van der Waals surface area contributed by atoms with Crippen molar-refractivity contribution in [2.45, 2.75) is 30.4 Å². The molecule has 2 saturated carbocycles. The van der Waals surface area contributed by atoms with Crippen molar-refractivity contribution in [2.24, 2.45) is 17.8 Å².